The molecule has 1 unspecified atom stereocenters. The molecule has 0 saturated heterocycles. The Hall–Kier alpha value is -1.02. The normalized spacial score (nSPS) is 12.4. The van der Waals surface area contributed by atoms with Crippen molar-refractivity contribution in [1.82, 2.24) is 0 Å². The van der Waals surface area contributed by atoms with Crippen LogP contribution in [0.1, 0.15) is 44.6 Å². The van der Waals surface area contributed by atoms with Crippen molar-refractivity contribution in [1.29, 1.82) is 0 Å². The minimum absolute atomic E-state index is 0.160. The highest BCUT2D eigenvalue weighted by atomic mass is 16.5. The summed E-state index contributed by atoms with van der Waals surface area (Å²) in [7, 11) is 0. The highest BCUT2D eigenvalue weighted by Gasteiger charge is 2.09. The highest BCUT2D eigenvalue weighted by Crippen LogP contribution is 2.19. The van der Waals surface area contributed by atoms with Crippen molar-refractivity contribution in [2.24, 2.45) is 5.73 Å². The maximum Gasteiger partial charge on any atom is 0.122 e. The molecule has 1 aromatic rings. The number of para-hydroxylation sites is 1. The Morgan fingerprint density at radius 2 is 1.94 bits per heavy atom. The molecule has 0 saturated carbocycles. The number of hydrogen-bond donors (Lipinski definition) is 1. The summed E-state index contributed by atoms with van der Waals surface area (Å²) < 4.78 is 5.95. The molecule has 2 nitrogen and oxygen atoms in total. The molecular weight excluding hydrogens is 210 g/mol. The minimum Gasteiger partial charge on any atom is -0.489 e. The summed E-state index contributed by atoms with van der Waals surface area (Å²) in [4.78, 5) is 0. The third kappa shape index (κ3) is 5.22. The second-order valence-electron chi connectivity index (χ2n) is 4.59. The van der Waals surface area contributed by atoms with Crippen LogP contribution >= 0.6 is 0 Å². The van der Waals surface area contributed by atoms with E-state index in [4.69, 9.17) is 10.5 Å². The van der Waals surface area contributed by atoms with Crippen LogP contribution in [0, 0.1) is 6.92 Å². The van der Waals surface area contributed by atoms with E-state index < -0.39 is 0 Å². The lowest BCUT2D eigenvalue weighted by Gasteiger charge is -2.18. The van der Waals surface area contributed by atoms with Crippen molar-refractivity contribution in [2.45, 2.75) is 52.1 Å². The number of unbranched alkanes of at least 4 members (excludes halogenated alkanes) is 3. The topological polar surface area (TPSA) is 35.2 Å². The van der Waals surface area contributed by atoms with Crippen molar-refractivity contribution in [3.63, 3.8) is 0 Å². The Balaban J connectivity index is 2.38. The van der Waals surface area contributed by atoms with Gasteiger partial charge in [-0.3, -0.25) is 0 Å². The molecule has 0 radical (unpaired) electrons. The Labute approximate surface area is 105 Å². The van der Waals surface area contributed by atoms with Gasteiger partial charge in [0.15, 0.2) is 0 Å². The number of benzene rings is 1. The van der Waals surface area contributed by atoms with Crippen LogP contribution in [0.25, 0.3) is 0 Å². The SMILES string of the molecule is CCCCCCC(CN)Oc1ccccc1C. The van der Waals surface area contributed by atoms with E-state index in [1.54, 1.807) is 0 Å². The van der Waals surface area contributed by atoms with Crippen molar-refractivity contribution in [3.8, 4) is 5.75 Å². The molecule has 0 aliphatic rings. The summed E-state index contributed by atoms with van der Waals surface area (Å²) >= 11 is 0. The second kappa shape index (κ2) is 8.13. The molecule has 1 atom stereocenters. The summed E-state index contributed by atoms with van der Waals surface area (Å²) in [5, 5.41) is 0. The van der Waals surface area contributed by atoms with Gasteiger partial charge in [-0.25, -0.2) is 0 Å². The molecule has 0 spiro atoms. The monoisotopic (exact) mass is 235 g/mol. The number of nitrogens with two attached hydrogens (primary N) is 1. The predicted octanol–water partition coefficient (Wildman–Crippen LogP) is 3.67. The van der Waals surface area contributed by atoms with Crippen LogP contribution in [0.5, 0.6) is 5.75 Å². The quantitative estimate of drug-likeness (QED) is 0.698. The maximum atomic E-state index is 5.95. The van der Waals surface area contributed by atoms with Gasteiger partial charge in [0.25, 0.3) is 0 Å². The zero-order valence-electron chi connectivity index (χ0n) is 11.1. The number of aryl methyl sites for hydroxylation is 1. The molecule has 17 heavy (non-hydrogen) atoms. The van der Waals surface area contributed by atoms with Gasteiger partial charge in [0.05, 0.1) is 0 Å². The molecule has 0 heterocycles. The van der Waals surface area contributed by atoms with E-state index in [9.17, 15) is 0 Å². The van der Waals surface area contributed by atoms with Crippen LogP contribution < -0.4 is 10.5 Å². The summed E-state index contributed by atoms with van der Waals surface area (Å²) in [6, 6.07) is 8.12. The highest BCUT2D eigenvalue weighted by molar-refractivity contribution is 5.31. The fourth-order valence-corrected chi connectivity index (χ4v) is 1.89. The third-order valence-corrected chi connectivity index (χ3v) is 3.03. The summed E-state index contributed by atoms with van der Waals surface area (Å²) in [6.45, 7) is 4.89. The van der Waals surface area contributed by atoms with Gasteiger partial charge in [-0.2, -0.15) is 0 Å². The van der Waals surface area contributed by atoms with Gasteiger partial charge in [0.1, 0.15) is 11.9 Å². The molecule has 2 heteroatoms. The lowest BCUT2D eigenvalue weighted by molar-refractivity contribution is 0.193. The average molecular weight is 235 g/mol. The van der Waals surface area contributed by atoms with Gasteiger partial charge >= 0.3 is 0 Å². The molecule has 1 aromatic carbocycles. The molecule has 0 amide bonds. The fraction of sp³-hybridized carbons (Fsp3) is 0.600. The lowest BCUT2D eigenvalue weighted by Crippen LogP contribution is -2.26. The molecule has 0 bridgehead atoms. The first-order valence-corrected chi connectivity index (χ1v) is 6.70. The molecule has 96 valence electrons. The standard InChI is InChI=1S/C15H25NO/c1-3-4-5-6-10-14(12-16)17-15-11-8-7-9-13(15)2/h7-9,11,14H,3-6,10,12,16H2,1-2H3. The molecule has 2 N–H and O–H groups in total. The zero-order valence-corrected chi connectivity index (χ0v) is 11.1. The van der Waals surface area contributed by atoms with Crippen LogP contribution in [-0.4, -0.2) is 12.6 Å². The second-order valence-corrected chi connectivity index (χ2v) is 4.59. The Kier molecular flexibility index (Phi) is 6.71. The van der Waals surface area contributed by atoms with E-state index in [1.807, 2.05) is 18.2 Å². The van der Waals surface area contributed by atoms with E-state index in [2.05, 4.69) is 19.9 Å². The van der Waals surface area contributed by atoms with Crippen molar-refractivity contribution in [2.75, 3.05) is 6.54 Å². The number of hydrogen-bond acceptors (Lipinski definition) is 2. The summed E-state index contributed by atoms with van der Waals surface area (Å²) in [5.74, 6) is 0.971. The first kappa shape index (κ1) is 14.0. The molecule has 0 fully saturated rings. The van der Waals surface area contributed by atoms with Crippen molar-refractivity contribution >= 4 is 0 Å². The Bertz CT molecular complexity index is 312. The van der Waals surface area contributed by atoms with Gasteiger partial charge < -0.3 is 10.5 Å². The largest absolute Gasteiger partial charge is 0.489 e. The third-order valence-electron chi connectivity index (χ3n) is 3.03. The molecule has 1 rings (SSSR count). The minimum atomic E-state index is 0.160. The van der Waals surface area contributed by atoms with Crippen LogP contribution in [0.3, 0.4) is 0 Å². The van der Waals surface area contributed by atoms with E-state index in [0.29, 0.717) is 6.54 Å². The molecular formula is C15H25NO. The van der Waals surface area contributed by atoms with E-state index in [1.165, 1.54) is 31.2 Å². The average Bonchev–Trinajstić information content (AvgIpc) is 2.35. The Morgan fingerprint density at radius 1 is 1.18 bits per heavy atom. The van der Waals surface area contributed by atoms with Crippen molar-refractivity contribution in [3.05, 3.63) is 29.8 Å². The van der Waals surface area contributed by atoms with Gasteiger partial charge in [-0.05, 0) is 31.4 Å². The van der Waals surface area contributed by atoms with E-state index >= 15 is 0 Å². The van der Waals surface area contributed by atoms with Crippen molar-refractivity contribution < 1.29 is 4.74 Å². The molecule has 0 aliphatic heterocycles. The van der Waals surface area contributed by atoms with Crippen LogP contribution in [0.4, 0.5) is 0 Å². The van der Waals surface area contributed by atoms with E-state index in [-0.39, 0.29) is 6.10 Å². The lowest BCUT2D eigenvalue weighted by atomic mass is 10.1. The smallest absolute Gasteiger partial charge is 0.122 e. The van der Waals surface area contributed by atoms with E-state index in [0.717, 1.165) is 12.2 Å². The van der Waals surface area contributed by atoms with Gasteiger partial charge in [0.2, 0.25) is 0 Å². The molecule has 0 aromatic heterocycles. The maximum absolute atomic E-state index is 5.95. The first-order chi connectivity index (χ1) is 8.27. The number of ether oxygens (including phenoxy) is 1. The predicted molar refractivity (Wildman–Crippen MR) is 73.4 cm³/mol. The summed E-state index contributed by atoms with van der Waals surface area (Å²) in [6.07, 6.45) is 6.29. The fourth-order valence-electron chi connectivity index (χ4n) is 1.89. The van der Waals surface area contributed by atoms with Crippen LogP contribution in [0.15, 0.2) is 24.3 Å². The van der Waals surface area contributed by atoms with Gasteiger partial charge in [0, 0.05) is 6.54 Å². The first-order valence-electron chi connectivity index (χ1n) is 6.70. The van der Waals surface area contributed by atoms with Crippen LogP contribution in [0.2, 0.25) is 0 Å². The van der Waals surface area contributed by atoms with Crippen LogP contribution in [-0.2, 0) is 0 Å². The van der Waals surface area contributed by atoms with Gasteiger partial charge in [-0.15, -0.1) is 0 Å². The van der Waals surface area contributed by atoms with Gasteiger partial charge in [-0.1, -0.05) is 44.4 Å². The molecule has 0 aliphatic carbocycles. The number of rotatable bonds is 8. The zero-order chi connectivity index (χ0) is 12.5. The Morgan fingerprint density at radius 3 is 2.59 bits per heavy atom. The summed E-state index contributed by atoms with van der Waals surface area (Å²) in [5.41, 5.74) is 6.94.